The molecule has 1 aliphatic carbocycles. The number of anilines is 1. The van der Waals surface area contributed by atoms with Gasteiger partial charge in [-0.05, 0) is 61.9 Å². The van der Waals surface area contributed by atoms with Gasteiger partial charge in [-0.2, -0.15) is 0 Å². The Kier molecular flexibility index (Phi) is 4.68. The molecule has 2 aromatic carbocycles. The molecule has 0 saturated heterocycles. The molecule has 0 aromatic heterocycles. The van der Waals surface area contributed by atoms with Gasteiger partial charge in [0.25, 0.3) is 0 Å². The standard InChI is InChI=1S/C22H23ClN2O2/c1-15-14-17-4-2-3-5-19(17)25(15)21(27)22(11-12-22)20(26)24-13-10-16-6-8-18(23)9-7-16/h2-9,15H,10-14H2,1H3,(H,24,26). The maximum atomic E-state index is 13.3. The number of hydrogen-bond donors (Lipinski definition) is 1. The van der Waals surface area contributed by atoms with E-state index in [-0.39, 0.29) is 17.9 Å². The van der Waals surface area contributed by atoms with E-state index in [2.05, 4.69) is 11.4 Å². The van der Waals surface area contributed by atoms with E-state index in [1.54, 1.807) is 0 Å². The van der Waals surface area contributed by atoms with Crippen LogP contribution < -0.4 is 10.2 Å². The summed E-state index contributed by atoms with van der Waals surface area (Å²) in [4.78, 5) is 27.9. The summed E-state index contributed by atoms with van der Waals surface area (Å²) in [6, 6.07) is 15.7. The lowest BCUT2D eigenvalue weighted by Gasteiger charge is -2.27. The Balaban J connectivity index is 1.41. The lowest BCUT2D eigenvalue weighted by molar-refractivity contribution is -0.135. The van der Waals surface area contributed by atoms with Crippen molar-refractivity contribution >= 4 is 29.1 Å². The van der Waals surface area contributed by atoms with Crippen molar-refractivity contribution in [3.05, 3.63) is 64.7 Å². The second-order valence-electron chi connectivity index (χ2n) is 7.57. The molecule has 1 saturated carbocycles. The molecule has 140 valence electrons. The van der Waals surface area contributed by atoms with Crippen LogP contribution in [0.5, 0.6) is 0 Å². The predicted octanol–water partition coefficient (Wildman–Crippen LogP) is 3.76. The molecular formula is C22H23ClN2O2. The Morgan fingerprint density at radius 3 is 2.56 bits per heavy atom. The average molecular weight is 383 g/mol. The van der Waals surface area contributed by atoms with Crippen LogP contribution in [-0.4, -0.2) is 24.4 Å². The minimum atomic E-state index is -0.883. The van der Waals surface area contributed by atoms with Crippen LogP contribution in [0.2, 0.25) is 5.02 Å². The third-order valence-corrected chi connectivity index (χ3v) is 5.88. The lowest BCUT2D eigenvalue weighted by Crippen LogP contribution is -2.47. The van der Waals surface area contributed by atoms with Gasteiger partial charge in [-0.25, -0.2) is 0 Å². The highest BCUT2D eigenvalue weighted by Gasteiger charge is 2.59. The number of fused-ring (bicyclic) bond motifs is 1. The number of benzene rings is 2. The normalized spacial score (nSPS) is 19.5. The molecule has 4 nitrogen and oxygen atoms in total. The molecule has 2 amide bonds. The summed E-state index contributed by atoms with van der Waals surface area (Å²) in [5.41, 5.74) is 2.36. The van der Waals surface area contributed by atoms with Gasteiger partial charge < -0.3 is 10.2 Å². The second kappa shape index (κ2) is 7.01. The van der Waals surface area contributed by atoms with Crippen LogP contribution >= 0.6 is 11.6 Å². The summed E-state index contributed by atoms with van der Waals surface area (Å²) in [6.07, 6.45) is 2.82. The molecule has 1 atom stereocenters. The van der Waals surface area contributed by atoms with Crippen LogP contribution in [0.15, 0.2) is 48.5 Å². The monoisotopic (exact) mass is 382 g/mol. The first-order valence-electron chi connectivity index (χ1n) is 9.45. The topological polar surface area (TPSA) is 49.4 Å². The molecule has 2 aromatic rings. The van der Waals surface area contributed by atoms with Crippen molar-refractivity contribution in [2.75, 3.05) is 11.4 Å². The summed E-state index contributed by atoms with van der Waals surface area (Å²) in [6.45, 7) is 2.56. The van der Waals surface area contributed by atoms with Gasteiger partial charge in [-0.1, -0.05) is 41.9 Å². The van der Waals surface area contributed by atoms with Crippen molar-refractivity contribution in [3.63, 3.8) is 0 Å². The largest absolute Gasteiger partial charge is 0.355 e. The quantitative estimate of drug-likeness (QED) is 0.800. The molecule has 1 unspecified atom stereocenters. The van der Waals surface area contributed by atoms with Crippen molar-refractivity contribution < 1.29 is 9.59 Å². The van der Waals surface area contributed by atoms with Crippen LogP contribution in [0.3, 0.4) is 0 Å². The smallest absolute Gasteiger partial charge is 0.242 e. The molecule has 5 heteroatoms. The Morgan fingerprint density at radius 1 is 1.15 bits per heavy atom. The Morgan fingerprint density at radius 2 is 1.85 bits per heavy atom. The molecule has 1 fully saturated rings. The van der Waals surface area contributed by atoms with E-state index in [0.717, 1.165) is 24.1 Å². The van der Waals surface area contributed by atoms with E-state index < -0.39 is 5.41 Å². The Bertz CT molecular complexity index is 874. The number of hydrogen-bond acceptors (Lipinski definition) is 2. The van der Waals surface area contributed by atoms with Gasteiger partial charge in [0.15, 0.2) is 0 Å². The first-order valence-corrected chi connectivity index (χ1v) is 9.83. The highest BCUT2D eigenvalue weighted by Crippen LogP contribution is 2.49. The summed E-state index contributed by atoms with van der Waals surface area (Å²) in [7, 11) is 0. The molecule has 4 rings (SSSR count). The molecule has 0 spiro atoms. The number of nitrogens with one attached hydrogen (secondary N) is 1. The number of nitrogens with zero attached hydrogens (tertiary/aromatic N) is 1. The van der Waals surface area contributed by atoms with E-state index in [1.165, 1.54) is 5.56 Å². The van der Waals surface area contributed by atoms with E-state index in [0.29, 0.717) is 24.4 Å². The first kappa shape index (κ1) is 18.1. The molecule has 27 heavy (non-hydrogen) atoms. The van der Waals surface area contributed by atoms with E-state index in [9.17, 15) is 9.59 Å². The summed E-state index contributed by atoms with van der Waals surface area (Å²) >= 11 is 5.90. The van der Waals surface area contributed by atoms with Crippen molar-refractivity contribution in [1.82, 2.24) is 5.32 Å². The SMILES string of the molecule is CC1Cc2ccccc2N1C(=O)C1(C(=O)NCCc2ccc(Cl)cc2)CC1. The molecular weight excluding hydrogens is 360 g/mol. The van der Waals surface area contributed by atoms with Crippen LogP contribution in [-0.2, 0) is 22.4 Å². The minimum absolute atomic E-state index is 0.0519. The third kappa shape index (κ3) is 3.34. The fourth-order valence-corrected chi connectivity index (χ4v) is 4.04. The van der Waals surface area contributed by atoms with Crippen molar-refractivity contribution in [2.45, 2.75) is 38.6 Å². The third-order valence-electron chi connectivity index (χ3n) is 5.63. The number of halogens is 1. The molecule has 0 radical (unpaired) electrons. The van der Waals surface area contributed by atoms with E-state index in [4.69, 9.17) is 11.6 Å². The fourth-order valence-electron chi connectivity index (χ4n) is 3.91. The number of para-hydroxylation sites is 1. The van der Waals surface area contributed by atoms with Gasteiger partial charge >= 0.3 is 0 Å². The number of rotatable bonds is 5. The molecule has 0 bridgehead atoms. The zero-order chi connectivity index (χ0) is 19.0. The zero-order valence-corrected chi connectivity index (χ0v) is 16.1. The van der Waals surface area contributed by atoms with E-state index >= 15 is 0 Å². The number of carbonyl (C=O) groups excluding carboxylic acids is 2. The van der Waals surface area contributed by atoms with Crippen LogP contribution in [0.1, 0.15) is 30.9 Å². The summed E-state index contributed by atoms with van der Waals surface area (Å²) in [5.74, 6) is -0.193. The van der Waals surface area contributed by atoms with Gasteiger partial charge in [0, 0.05) is 23.3 Å². The first-order chi connectivity index (χ1) is 13.0. The van der Waals surface area contributed by atoms with Gasteiger partial charge in [0.2, 0.25) is 11.8 Å². The molecule has 1 aliphatic heterocycles. The maximum absolute atomic E-state index is 13.3. The minimum Gasteiger partial charge on any atom is -0.355 e. The highest BCUT2D eigenvalue weighted by molar-refractivity contribution is 6.30. The van der Waals surface area contributed by atoms with Gasteiger partial charge in [0.1, 0.15) is 5.41 Å². The van der Waals surface area contributed by atoms with Gasteiger partial charge in [-0.15, -0.1) is 0 Å². The zero-order valence-electron chi connectivity index (χ0n) is 15.4. The van der Waals surface area contributed by atoms with Crippen molar-refractivity contribution in [2.24, 2.45) is 5.41 Å². The van der Waals surface area contributed by atoms with Crippen LogP contribution in [0.4, 0.5) is 5.69 Å². The summed E-state index contributed by atoms with van der Waals surface area (Å²) in [5, 5.41) is 3.67. The Labute approximate surface area is 164 Å². The predicted molar refractivity (Wildman–Crippen MR) is 107 cm³/mol. The Hall–Kier alpha value is -2.33. The van der Waals surface area contributed by atoms with Gasteiger partial charge in [0.05, 0.1) is 0 Å². The highest BCUT2D eigenvalue weighted by atomic mass is 35.5. The molecule has 1 heterocycles. The van der Waals surface area contributed by atoms with Crippen molar-refractivity contribution in [1.29, 1.82) is 0 Å². The van der Waals surface area contributed by atoms with Crippen molar-refractivity contribution in [3.8, 4) is 0 Å². The fraction of sp³-hybridized carbons (Fsp3) is 0.364. The van der Waals surface area contributed by atoms with Crippen LogP contribution in [0.25, 0.3) is 0 Å². The van der Waals surface area contributed by atoms with E-state index in [1.807, 2.05) is 54.3 Å². The number of amides is 2. The lowest BCUT2D eigenvalue weighted by atomic mass is 10.0. The summed E-state index contributed by atoms with van der Waals surface area (Å²) < 4.78 is 0. The van der Waals surface area contributed by atoms with Gasteiger partial charge in [-0.3, -0.25) is 9.59 Å². The van der Waals surface area contributed by atoms with Crippen LogP contribution in [0, 0.1) is 5.41 Å². The average Bonchev–Trinajstić information content (AvgIpc) is 3.40. The number of carbonyl (C=O) groups is 2. The molecule has 1 N–H and O–H groups in total. The maximum Gasteiger partial charge on any atom is 0.242 e. The molecule has 2 aliphatic rings. The second-order valence-corrected chi connectivity index (χ2v) is 8.01.